The Morgan fingerprint density at radius 3 is 0.886 bits per heavy atom. The molecule has 0 aliphatic rings. The van der Waals surface area contributed by atoms with Gasteiger partial charge in [-0.25, -0.2) is 0 Å². The normalized spacial score (nSPS) is 11.6. The Balaban J connectivity index is 0.000000207. The van der Waals surface area contributed by atoms with Gasteiger partial charge in [-0.15, -0.1) is 71.8 Å². The predicted molar refractivity (Wildman–Crippen MR) is 158 cm³/mol. The molecule has 44 heavy (non-hydrogen) atoms. The van der Waals surface area contributed by atoms with Crippen molar-refractivity contribution in [3.05, 3.63) is 158 Å². The van der Waals surface area contributed by atoms with E-state index in [9.17, 15) is 25.2 Å². The van der Waals surface area contributed by atoms with Gasteiger partial charge >= 0.3 is 33.0 Å². The van der Waals surface area contributed by atoms with Crippen molar-refractivity contribution in [2.24, 2.45) is 0 Å². The molecule has 12 heteroatoms. The largest absolute Gasteiger partial charge is 0.305 e. The second-order valence-electron chi connectivity index (χ2n) is 8.37. The number of hydrogen-bond acceptors (Lipinski definition) is 4. The zero-order chi connectivity index (χ0) is 31.1. The number of nitrogens with zero attached hydrogens (tertiary/aromatic N) is 4. The maximum Gasteiger partial charge on any atom is 0.0886 e. The number of halogens is 6. The van der Waals surface area contributed by atoms with Crippen LogP contribution in [-0.2, 0) is 20.1 Å². The van der Waals surface area contributed by atoms with E-state index in [0.717, 1.165) is 33.9 Å². The van der Waals surface area contributed by atoms with Crippen LogP contribution >= 0.6 is 7.81 Å². The number of aromatic nitrogens is 4. The average molecular weight is 802 g/mol. The van der Waals surface area contributed by atoms with Crippen LogP contribution in [0.3, 0.4) is 0 Å². The van der Waals surface area contributed by atoms with Gasteiger partial charge in [0.05, 0.1) is 11.4 Å². The Bertz CT molecular complexity index is 1320. The van der Waals surface area contributed by atoms with E-state index in [4.69, 9.17) is 0 Å². The predicted octanol–water partition coefficient (Wildman–Crippen LogP) is 10.6. The minimum absolute atomic E-state index is 0. The third-order valence-electron chi connectivity index (χ3n) is 4.89. The molecule has 0 N–H and O–H groups in total. The first kappa shape index (κ1) is 35.9. The maximum atomic E-state index is 9.87. The van der Waals surface area contributed by atoms with E-state index >= 15 is 0 Å². The summed E-state index contributed by atoms with van der Waals surface area (Å²) in [7, 11) is -10.7. The van der Waals surface area contributed by atoms with Crippen LogP contribution in [0.4, 0.5) is 25.2 Å². The molecule has 0 saturated heterocycles. The smallest absolute Gasteiger partial charge is 0.0886 e. The molecule has 231 valence electrons. The zero-order valence-electron chi connectivity index (χ0n) is 22.7. The molecule has 0 amide bonds. The minimum atomic E-state index is -10.7. The standard InChI is InChI=1S/2C11H8N.C10H8N2.F6P.Ir/c2*1-2-6-10(7-3-1)11-8-4-5-9-12-11;1-3-7-11-9(5-1)10-6-2-4-8-12-10;1-7(2,3,4,5)6;/h2*1-6,8-9H;1-8H;;/q2*-1;;-1;. The van der Waals surface area contributed by atoms with Crippen LogP contribution in [-0.4, -0.2) is 19.9 Å². The quantitative estimate of drug-likeness (QED) is 0.102. The number of hydrogen-bond donors (Lipinski definition) is 0. The Kier molecular flexibility index (Phi) is 13.0. The van der Waals surface area contributed by atoms with Crippen LogP contribution in [0.1, 0.15) is 0 Å². The molecule has 4 aromatic heterocycles. The molecule has 0 unspecified atom stereocenters. The van der Waals surface area contributed by atoms with E-state index < -0.39 is 7.81 Å². The number of rotatable bonds is 3. The first-order chi connectivity index (χ1) is 20.3. The molecule has 0 bridgehead atoms. The van der Waals surface area contributed by atoms with Gasteiger partial charge < -0.3 is 9.97 Å². The van der Waals surface area contributed by atoms with Gasteiger partial charge in [0.2, 0.25) is 0 Å². The molecule has 0 atom stereocenters. The fraction of sp³-hybridized carbons (Fsp3) is 0. The third-order valence-corrected chi connectivity index (χ3v) is 4.89. The van der Waals surface area contributed by atoms with Crippen LogP contribution in [0.15, 0.2) is 146 Å². The van der Waals surface area contributed by atoms with Crippen LogP contribution < -0.4 is 0 Å². The summed E-state index contributed by atoms with van der Waals surface area (Å²) in [5, 5.41) is 0. The Morgan fingerprint density at radius 2 is 0.659 bits per heavy atom. The van der Waals surface area contributed by atoms with Crippen molar-refractivity contribution in [2.75, 3.05) is 0 Å². The van der Waals surface area contributed by atoms with Crippen LogP contribution in [0.25, 0.3) is 33.9 Å². The van der Waals surface area contributed by atoms with Crippen molar-refractivity contribution < 1.29 is 45.3 Å². The first-order valence-corrected chi connectivity index (χ1v) is 14.5. The maximum absolute atomic E-state index is 10.7. The second-order valence-corrected chi connectivity index (χ2v) is 10.3. The van der Waals surface area contributed by atoms with Gasteiger partial charge in [-0.2, -0.15) is 0 Å². The van der Waals surface area contributed by atoms with Crippen molar-refractivity contribution >= 4 is 7.81 Å². The van der Waals surface area contributed by atoms with Crippen molar-refractivity contribution in [1.82, 2.24) is 19.9 Å². The van der Waals surface area contributed by atoms with E-state index in [1.165, 1.54) is 0 Å². The van der Waals surface area contributed by atoms with Crippen LogP contribution in [0.2, 0.25) is 0 Å². The summed E-state index contributed by atoms with van der Waals surface area (Å²) in [5.41, 5.74) is 5.85. The number of benzene rings is 2. The summed E-state index contributed by atoms with van der Waals surface area (Å²) in [4.78, 5) is 16.8. The second kappa shape index (κ2) is 16.0. The van der Waals surface area contributed by atoms with E-state index in [0.29, 0.717) is 0 Å². The molecule has 6 rings (SSSR count). The monoisotopic (exact) mass is 802 g/mol. The summed E-state index contributed by atoms with van der Waals surface area (Å²) in [6.45, 7) is 0. The molecule has 4 heterocycles. The van der Waals surface area contributed by atoms with Crippen LogP contribution in [0.5, 0.6) is 0 Å². The van der Waals surface area contributed by atoms with Gasteiger partial charge in [0.25, 0.3) is 0 Å². The van der Waals surface area contributed by atoms with Crippen LogP contribution in [0, 0.1) is 12.1 Å². The van der Waals surface area contributed by atoms with E-state index in [1.54, 1.807) is 24.8 Å². The third kappa shape index (κ3) is 16.4. The molecule has 0 aliphatic heterocycles. The summed E-state index contributed by atoms with van der Waals surface area (Å²) in [6.07, 6.45) is 7.11. The van der Waals surface area contributed by atoms with Gasteiger partial charge in [-0.3, -0.25) is 9.97 Å². The Morgan fingerprint density at radius 1 is 0.386 bits per heavy atom. The summed E-state index contributed by atoms with van der Waals surface area (Å²) < 4.78 is 59.2. The van der Waals surface area contributed by atoms with E-state index in [-0.39, 0.29) is 20.1 Å². The van der Waals surface area contributed by atoms with E-state index in [2.05, 4.69) is 32.1 Å². The molecule has 6 aromatic rings. The molecule has 0 spiro atoms. The average Bonchev–Trinajstić information content (AvgIpc) is 3.03. The molecule has 0 aliphatic carbocycles. The van der Waals surface area contributed by atoms with Gasteiger partial charge in [-0.05, 0) is 47.8 Å². The molecule has 0 fully saturated rings. The molecule has 4 nitrogen and oxygen atoms in total. The summed E-state index contributed by atoms with van der Waals surface area (Å²) in [6, 6.07) is 45.2. The van der Waals surface area contributed by atoms with Crippen molar-refractivity contribution in [3.8, 4) is 33.9 Å². The zero-order valence-corrected chi connectivity index (χ0v) is 26.0. The SMILES string of the molecule is F[P-](F)(F)(F)(F)F.[Ir].[c-]1ccccc1-c1ccccn1.[c-]1ccccc1-c1ccccn1.c1ccc(-c2ccccn2)nc1. The topological polar surface area (TPSA) is 51.6 Å². The summed E-state index contributed by atoms with van der Waals surface area (Å²) >= 11 is 0. The summed E-state index contributed by atoms with van der Waals surface area (Å²) in [5.74, 6) is 0. The molecule has 2 aromatic carbocycles. The molecular formula is C32H24F6IrN4P-3. The van der Waals surface area contributed by atoms with Gasteiger partial charge in [0.1, 0.15) is 0 Å². The molecular weight excluding hydrogens is 778 g/mol. The first-order valence-electron chi connectivity index (χ1n) is 12.5. The minimum Gasteiger partial charge on any atom is -0.305 e. The molecule has 1 radical (unpaired) electrons. The van der Waals surface area contributed by atoms with Gasteiger partial charge in [0, 0.05) is 44.9 Å². The fourth-order valence-corrected chi connectivity index (χ4v) is 3.18. The van der Waals surface area contributed by atoms with Crippen molar-refractivity contribution in [1.29, 1.82) is 0 Å². The fourth-order valence-electron chi connectivity index (χ4n) is 3.18. The van der Waals surface area contributed by atoms with Crippen molar-refractivity contribution in [2.45, 2.75) is 0 Å². The van der Waals surface area contributed by atoms with Gasteiger partial charge in [0.15, 0.2) is 0 Å². The Labute approximate surface area is 264 Å². The van der Waals surface area contributed by atoms with Gasteiger partial charge in [-0.1, -0.05) is 36.4 Å². The Hall–Kier alpha value is -4.30. The number of pyridine rings is 4. The van der Waals surface area contributed by atoms with Crippen molar-refractivity contribution in [3.63, 3.8) is 0 Å². The van der Waals surface area contributed by atoms with E-state index in [1.807, 2.05) is 121 Å². The molecule has 0 saturated carbocycles.